The summed E-state index contributed by atoms with van der Waals surface area (Å²) < 4.78 is 0. The Morgan fingerprint density at radius 2 is 0.481 bits per heavy atom. The summed E-state index contributed by atoms with van der Waals surface area (Å²) in [4.78, 5) is 15.4. The summed E-state index contributed by atoms with van der Waals surface area (Å²) in [7, 11) is 13.4. The number of hydrogen-bond acceptors (Lipinski definition) is 0. The third-order valence-corrected chi connectivity index (χ3v) is 9.15. The van der Waals surface area contributed by atoms with Crippen LogP contribution in [0.15, 0.2) is 170 Å². The van der Waals surface area contributed by atoms with Gasteiger partial charge in [0.1, 0.15) is 0 Å². The summed E-state index contributed by atoms with van der Waals surface area (Å²) in [5.74, 6) is 0. The predicted octanol–water partition coefficient (Wildman–Crippen LogP) is 8.37. The quantitative estimate of drug-likeness (QED) is 0.139. The molecule has 0 fully saturated rings. The van der Waals surface area contributed by atoms with Gasteiger partial charge in [-0.2, -0.15) is 0 Å². The molecule has 1 aliphatic heterocycles. The van der Waals surface area contributed by atoms with Crippen molar-refractivity contribution in [2.45, 2.75) is 0 Å². The van der Waals surface area contributed by atoms with Crippen molar-refractivity contribution in [2.24, 2.45) is 0 Å². The number of aromatic nitrogens is 4. The zero-order valence-corrected chi connectivity index (χ0v) is 30.9. The topological polar surface area (TPSA) is 63.2 Å². The number of aromatic amines is 4. The zero-order valence-electron chi connectivity index (χ0n) is 27.6. The van der Waals surface area contributed by atoms with Crippen LogP contribution < -0.4 is 21.4 Å². The zero-order chi connectivity index (χ0) is 35.4. The third kappa shape index (κ3) is 7.02. The number of rotatable bonds is 4. The van der Waals surface area contributed by atoms with Crippen LogP contribution in [0, 0.1) is 0 Å². The molecule has 0 aliphatic carbocycles. The van der Waals surface area contributed by atoms with E-state index in [1.807, 2.05) is 0 Å². The van der Waals surface area contributed by atoms with Gasteiger partial charge in [0.05, 0.1) is 0 Å². The minimum absolute atomic E-state index is 1.04. The molecule has 258 valence electrons. The fraction of sp³-hybridized carbons (Fsp3) is 0. The van der Waals surface area contributed by atoms with E-state index < -0.39 is 10.9 Å². The maximum absolute atomic E-state index is 4.87. The van der Waals surface area contributed by atoms with Gasteiger partial charge in [0.2, 0.25) is 0 Å². The molecule has 0 saturated heterocycles. The summed E-state index contributed by atoms with van der Waals surface area (Å²) in [5, 5.41) is 4.16. The van der Waals surface area contributed by atoms with Crippen molar-refractivity contribution >= 4 is 52.7 Å². The molecular formula is C44H32Cl3CoN4. The van der Waals surface area contributed by atoms with Crippen molar-refractivity contribution < 1.29 is 10.9 Å². The Kier molecular flexibility index (Phi) is 9.94. The average Bonchev–Trinajstić information content (AvgIpc) is 4.01. The molecular weight excluding hydrogens is 750 g/mol. The molecule has 1 aliphatic rings. The van der Waals surface area contributed by atoms with E-state index in [-0.39, 0.29) is 0 Å². The first-order valence-electron chi connectivity index (χ1n) is 16.7. The van der Waals surface area contributed by atoms with Gasteiger partial charge >= 0.3 is 41.4 Å². The maximum atomic E-state index is 4.87. The fourth-order valence-electron chi connectivity index (χ4n) is 6.99. The van der Waals surface area contributed by atoms with Gasteiger partial charge in [-0.25, -0.2) is 0 Å². The first-order valence-corrected chi connectivity index (χ1v) is 21.0. The molecule has 0 spiro atoms. The molecule has 9 rings (SSSR count). The molecule has 0 atom stereocenters. The monoisotopic (exact) mass is 780 g/mol. The van der Waals surface area contributed by atoms with Crippen LogP contribution in [-0.4, -0.2) is 19.9 Å². The Hall–Kier alpha value is -5.14. The Morgan fingerprint density at radius 1 is 0.269 bits per heavy atom. The van der Waals surface area contributed by atoms with Crippen molar-refractivity contribution in [2.75, 3.05) is 0 Å². The van der Waals surface area contributed by atoms with Gasteiger partial charge in [0.15, 0.2) is 0 Å². The van der Waals surface area contributed by atoms with Crippen LogP contribution in [0.1, 0.15) is 45.0 Å². The van der Waals surface area contributed by atoms with Crippen molar-refractivity contribution in [3.63, 3.8) is 0 Å². The van der Waals surface area contributed by atoms with Crippen LogP contribution in [0.25, 0.3) is 22.3 Å². The van der Waals surface area contributed by atoms with Gasteiger partial charge in [-0.1, -0.05) is 121 Å². The first kappa shape index (κ1) is 34.0. The first-order chi connectivity index (χ1) is 25.5. The largest absolute Gasteiger partial charge is 0.354 e. The van der Waals surface area contributed by atoms with Crippen LogP contribution in [0.4, 0.5) is 0 Å². The van der Waals surface area contributed by atoms with Gasteiger partial charge in [-0.05, 0) is 70.8 Å². The van der Waals surface area contributed by atoms with E-state index in [1.165, 1.54) is 0 Å². The summed E-state index contributed by atoms with van der Waals surface area (Å²) in [5.41, 5.74) is 13.1. The van der Waals surface area contributed by atoms with Crippen LogP contribution in [0.2, 0.25) is 0 Å². The second kappa shape index (κ2) is 15.2. The van der Waals surface area contributed by atoms with Crippen LogP contribution >= 0.6 is 30.4 Å². The molecule has 0 radical (unpaired) electrons. The van der Waals surface area contributed by atoms with E-state index in [0.717, 1.165) is 88.7 Å². The summed E-state index contributed by atoms with van der Waals surface area (Å²) >= 11 is 0. The number of fused-ring (bicyclic) bond motifs is 8. The van der Waals surface area contributed by atoms with E-state index >= 15 is 0 Å². The molecule has 4 aromatic carbocycles. The number of nitrogens with one attached hydrogen (secondary N) is 4. The molecule has 8 aromatic rings. The molecule has 4 N–H and O–H groups in total. The summed E-state index contributed by atoms with van der Waals surface area (Å²) in [6.07, 6.45) is 0. The minimum Gasteiger partial charge on any atom is -0.354 e. The smallest absolute Gasteiger partial charge is 0.0485 e. The number of H-pyrrole nitrogens is 4. The van der Waals surface area contributed by atoms with Crippen molar-refractivity contribution in [3.8, 4) is 0 Å². The van der Waals surface area contributed by atoms with Crippen LogP contribution in [0.3, 0.4) is 0 Å². The number of hydrogen-bond donors (Lipinski definition) is 4. The molecule has 8 bridgehead atoms. The third-order valence-electron chi connectivity index (χ3n) is 9.15. The van der Waals surface area contributed by atoms with Crippen LogP contribution in [-0.2, 0) is 10.9 Å². The Morgan fingerprint density at radius 3 is 0.692 bits per heavy atom. The molecule has 52 heavy (non-hydrogen) atoms. The molecule has 0 saturated carbocycles. The normalized spacial score (nSPS) is 12.7. The second-order valence-electron chi connectivity index (χ2n) is 12.2. The van der Waals surface area contributed by atoms with Gasteiger partial charge in [-0.15, -0.1) is 0 Å². The van der Waals surface area contributed by atoms with Crippen molar-refractivity contribution in [3.05, 3.63) is 236 Å². The standard InChI is InChI=1S/C44H32N4.3ClH.Co/c1-5-13-29(14-6-1)41-33-21-23-35(45-33)42(30-15-7-2-8-16-30)37-25-27-39(47-37)44(32-19-11-4-12-20-32)40-28-26-38(48-40)43(31-17-9-3-10-18-31)36-24-22-34(41)46-36;;;;/h1-28,45-48H;3*1H;/q;;;;+3/p-3. The van der Waals surface area contributed by atoms with Gasteiger partial charge < -0.3 is 19.9 Å². The molecule has 5 heterocycles. The maximum Gasteiger partial charge on any atom is 0.0485 e. The summed E-state index contributed by atoms with van der Waals surface area (Å²) in [6, 6.07) is 60.0. The van der Waals surface area contributed by atoms with Gasteiger partial charge in [0, 0.05) is 66.5 Å². The Bertz CT molecular complexity index is 2340. The Balaban J connectivity index is 0.000000922. The molecule has 0 amide bonds. The van der Waals surface area contributed by atoms with E-state index in [9.17, 15) is 0 Å². The van der Waals surface area contributed by atoms with Crippen molar-refractivity contribution in [1.82, 2.24) is 19.9 Å². The fourth-order valence-corrected chi connectivity index (χ4v) is 6.99. The second-order valence-corrected chi connectivity index (χ2v) is 17.4. The van der Waals surface area contributed by atoms with Gasteiger partial charge in [-0.3, -0.25) is 0 Å². The summed E-state index contributed by atoms with van der Waals surface area (Å²) in [6.45, 7) is 0. The van der Waals surface area contributed by atoms with E-state index in [2.05, 4.69) is 190 Å². The van der Waals surface area contributed by atoms with Crippen molar-refractivity contribution in [1.29, 1.82) is 0 Å². The predicted molar refractivity (Wildman–Crippen MR) is 211 cm³/mol. The average molecular weight is 782 g/mol. The van der Waals surface area contributed by atoms with E-state index in [4.69, 9.17) is 30.4 Å². The van der Waals surface area contributed by atoms with Crippen LogP contribution in [0.5, 0.6) is 0 Å². The molecule has 8 heteroatoms. The number of halogens is 3. The molecule has 4 aromatic heterocycles. The van der Waals surface area contributed by atoms with E-state index in [0.29, 0.717) is 0 Å². The minimum atomic E-state index is -1.19. The number of benzene rings is 4. The SMILES string of the molecule is [Cl][Co]([Cl])[Cl].c1ccc(C2=c3ccc([nH]3)=C(c3ccccc3)c3ccc([nH]3)C(c3ccccc3)=c3ccc([nH]3)=C(c3ccccc3)c3ccc2[nH]3)cc1. The van der Waals surface area contributed by atoms with Gasteiger partial charge in [0.25, 0.3) is 0 Å². The Labute approximate surface area is 318 Å². The van der Waals surface area contributed by atoms with E-state index in [1.54, 1.807) is 0 Å². The molecule has 0 unspecified atom stereocenters. The molecule has 4 nitrogen and oxygen atoms in total.